The number of benzene rings is 1. The fraction of sp³-hybridized carbons (Fsp3) is 0.467. The molecule has 1 aromatic carbocycles. The molecule has 0 radical (unpaired) electrons. The van der Waals surface area contributed by atoms with E-state index in [1.807, 2.05) is 0 Å². The predicted octanol–water partition coefficient (Wildman–Crippen LogP) is 1.60. The zero-order valence-corrected chi connectivity index (χ0v) is 14.6. The number of rotatable bonds is 5. The van der Waals surface area contributed by atoms with E-state index >= 15 is 0 Å². The molecule has 1 aromatic rings. The van der Waals surface area contributed by atoms with Crippen molar-refractivity contribution in [2.45, 2.75) is 33.7 Å². The van der Waals surface area contributed by atoms with E-state index in [9.17, 15) is 18.0 Å². The van der Waals surface area contributed by atoms with Gasteiger partial charge in [-0.15, -0.1) is 0 Å². The number of amides is 1. The number of aromatic carboxylic acids is 1. The lowest BCUT2D eigenvalue weighted by Crippen LogP contribution is -2.51. The van der Waals surface area contributed by atoms with Crippen molar-refractivity contribution in [2.75, 3.05) is 11.6 Å². The first-order valence-corrected chi connectivity index (χ1v) is 8.82. The van der Waals surface area contributed by atoms with E-state index in [0.717, 1.165) is 6.26 Å². The van der Waals surface area contributed by atoms with Gasteiger partial charge < -0.3 is 10.4 Å². The van der Waals surface area contributed by atoms with Crippen molar-refractivity contribution in [2.24, 2.45) is 5.41 Å². The molecule has 1 atom stereocenters. The Morgan fingerprint density at radius 1 is 1.22 bits per heavy atom. The van der Waals surface area contributed by atoms with Gasteiger partial charge in [0.1, 0.15) is 6.04 Å². The molecular formula is C15H22N2O5S. The third-order valence-corrected chi connectivity index (χ3v) is 3.86. The minimum absolute atomic E-state index is 0.0752. The molecule has 0 saturated heterocycles. The van der Waals surface area contributed by atoms with Crippen LogP contribution in [0.3, 0.4) is 0 Å². The van der Waals surface area contributed by atoms with Gasteiger partial charge in [0.15, 0.2) is 0 Å². The lowest BCUT2D eigenvalue weighted by atomic mass is 9.87. The highest BCUT2D eigenvalue weighted by atomic mass is 32.2. The van der Waals surface area contributed by atoms with E-state index < -0.39 is 33.4 Å². The van der Waals surface area contributed by atoms with Gasteiger partial charge in [-0.25, -0.2) is 17.9 Å². The van der Waals surface area contributed by atoms with Crippen molar-refractivity contribution in [1.29, 1.82) is 0 Å². The van der Waals surface area contributed by atoms with Crippen LogP contribution in [0.4, 0.5) is 5.69 Å². The number of carbonyl (C=O) groups is 2. The molecule has 0 spiro atoms. The van der Waals surface area contributed by atoms with Gasteiger partial charge in [0.05, 0.1) is 11.8 Å². The molecule has 1 unspecified atom stereocenters. The Labute approximate surface area is 136 Å². The second-order valence-electron chi connectivity index (χ2n) is 6.51. The molecule has 0 heterocycles. The van der Waals surface area contributed by atoms with Gasteiger partial charge in [-0.05, 0) is 30.0 Å². The Hall–Kier alpha value is -1.93. The monoisotopic (exact) mass is 342 g/mol. The normalized spacial score (nSPS) is 13.4. The molecule has 0 aliphatic heterocycles. The summed E-state index contributed by atoms with van der Waals surface area (Å²) in [6.45, 7) is 6.84. The van der Waals surface area contributed by atoms with Crippen LogP contribution in [0, 0.1) is 12.3 Å². The minimum Gasteiger partial charge on any atom is -0.478 e. The summed E-state index contributed by atoms with van der Waals surface area (Å²) >= 11 is 0. The van der Waals surface area contributed by atoms with Gasteiger partial charge in [-0.2, -0.15) is 0 Å². The Morgan fingerprint density at radius 3 is 2.22 bits per heavy atom. The van der Waals surface area contributed by atoms with Crippen molar-refractivity contribution in [3.63, 3.8) is 0 Å². The first kappa shape index (κ1) is 19.1. The molecule has 128 valence electrons. The molecule has 23 heavy (non-hydrogen) atoms. The summed E-state index contributed by atoms with van der Waals surface area (Å²) in [5, 5.41) is 11.7. The quantitative estimate of drug-likeness (QED) is 0.752. The second kappa shape index (κ2) is 6.67. The fourth-order valence-corrected chi connectivity index (χ4v) is 2.87. The van der Waals surface area contributed by atoms with Crippen LogP contribution in [0.2, 0.25) is 0 Å². The first-order valence-electron chi connectivity index (χ1n) is 6.93. The van der Waals surface area contributed by atoms with Crippen LogP contribution in [0.15, 0.2) is 18.2 Å². The van der Waals surface area contributed by atoms with Crippen LogP contribution in [-0.2, 0) is 14.8 Å². The molecule has 1 rings (SSSR count). The van der Waals surface area contributed by atoms with Gasteiger partial charge >= 0.3 is 5.97 Å². The van der Waals surface area contributed by atoms with E-state index in [0.29, 0.717) is 11.3 Å². The molecule has 0 aromatic heterocycles. The Bertz CT molecular complexity index is 720. The Balaban J connectivity index is 3.08. The number of carboxylic acids is 1. The SMILES string of the molecule is Cc1ccc(NC(=O)C(NS(C)(=O)=O)C(C)(C)C)cc1C(=O)O. The average Bonchev–Trinajstić information content (AvgIpc) is 2.35. The van der Waals surface area contributed by atoms with Crippen LogP contribution >= 0.6 is 0 Å². The smallest absolute Gasteiger partial charge is 0.336 e. The molecular weight excluding hydrogens is 320 g/mol. The van der Waals surface area contributed by atoms with Crippen LogP contribution in [0.5, 0.6) is 0 Å². The van der Waals surface area contributed by atoms with Gasteiger partial charge in [-0.1, -0.05) is 26.8 Å². The van der Waals surface area contributed by atoms with Gasteiger partial charge in [0.25, 0.3) is 0 Å². The zero-order valence-electron chi connectivity index (χ0n) is 13.8. The molecule has 0 saturated carbocycles. The van der Waals surface area contributed by atoms with Crippen LogP contribution in [0.1, 0.15) is 36.7 Å². The zero-order chi connectivity index (χ0) is 18.0. The van der Waals surface area contributed by atoms with E-state index in [1.165, 1.54) is 6.07 Å². The number of carbonyl (C=O) groups excluding carboxylic acids is 1. The lowest BCUT2D eigenvalue weighted by molar-refractivity contribution is -0.119. The van der Waals surface area contributed by atoms with Crippen LogP contribution in [0.25, 0.3) is 0 Å². The van der Waals surface area contributed by atoms with E-state index in [4.69, 9.17) is 5.11 Å². The molecule has 0 aliphatic carbocycles. The Morgan fingerprint density at radius 2 is 1.78 bits per heavy atom. The fourth-order valence-electron chi connectivity index (χ4n) is 1.98. The summed E-state index contributed by atoms with van der Waals surface area (Å²) in [7, 11) is -3.58. The summed E-state index contributed by atoms with van der Waals surface area (Å²) in [6.07, 6.45) is 0.980. The lowest BCUT2D eigenvalue weighted by Gasteiger charge is -2.29. The molecule has 7 nitrogen and oxygen atoms in total. The highest BCUT2D eigenvalue weighted by Crippen LogP contribution is 2.22. The number of nitrogens with one attached hydrogen (secondary N) is 2. The largest absolute Gasteiger partial charge is 0.478 e. The van der Waals surface area contributed by atoms with Crippen molar-refractivity contribution >= 4 is 27.6 Å². The van der Waals surface area contributed by atoms with Crippen LogP contribution in [-0.4, -0.2) is 37.7 Å². The molecule has 0 aliphatic rings. The standard InChI is InChI=1S/C15H22N2O5S/c1-9-6-7-10(8-11(9)14(19)20)16-13(18)12(15(2,3)4)17-23(5,21)22/h6-8,12,17H,1-5H3,(H,16,18)(H,19,20). The number of sulfonamides is 1. The summed E-state index contributed by atoms with van der Waals surface area (Å²) in [6, 6.07) is 3.50. The number of hydrogen-bond donors (Lipinski definition) is 3. The topological polar surface area (TPSA) is 113 Å². The highest BCUT2D eigenvalue weighted by molar-refractivity contribution is 7.88. The summed E-state index contributed by atoms with van der Waals surface area (Å²) in [5.41, 5.74) is 0.277. The predicted molar refractivity (Wildman–Crippen MR) is 88.0 cm³/mol. The van der Waals surface area contributed by atoms with Gasteiger partial charge in [-0.3, -0.25) is 4.79 Å². The molecule has 8 heteroatoms. The van der Waals surface area contributed by atoms with E-state index in [1.54, 1.807) is 39.8 Å². The maximum atomic E-state index is 12.4. The van der Waals surface area contributed by atoms with Gasteiger partial charge in [0.2, 0.25) is 15.9 Å². The molecule has 0 bridgehead atoms. The van der Waals surface area contributed by atoms with Crippen LogP contribution < -0.4 is 10.0 Å². The highest BCUT2D eigenvalue weighted by Gasteiger charge is 2.33. The van der Waals surface area contributed by atoms with Crippen molar-refractivity contribution < 1.29 is 23.1 Å². The number of anilines is 1. The average molecular weight is 342 g/mol. The van der Waals surface area contributed by atoms with Crippen molar-refractivity contribution in [1.82, 2.24) is 4.72 Å². The summed E-state index contributed by atoms with van der Waals surface area (Å²) < 4.78 is 25.2. The number of hydrogen-bond acceptors (Lipinski definition) is 4. The van der Waals surface area contributed by atoms with Crippen molar-refractivity contribution in [3.8, 4) is 0 Å². The third kappa shape index (κ3) is 5.65. The maximum Gasteiger partial charge on any atom is 0.336 e. The van der Waals surface area contributed by atoms with E-state index in [-0.39, 0.29) is 5.56 Å². The van der Waals surface area contributed by atoms with Gasteiger partial charge in [0, 0.05) is 5.69 Å². The number of carboxylic acid groups (broad SMARTS) is 1. The minimum atomic E-state index is -3.58. The molecule has 3 N–H and O–H groups in total. The second-order valence-corrected chi connectivity index (χ2v) is 8.29. The maximum absolute atomic E-state index is 12.4. The molecule has 1 amide bonds. The molecule has 0 fully saturated rings. The Kier molecular flexibility index (Phi) is 5.55. The summed E-state index contributed by atoms with van der Waals surface area (Å²) in [5.74, 6) is -1.65. The third-order valence-electron chi connectivity index (χ3n) is 3.20. The summed E-state index contributed by atoms with van der Waals surface area (Å²) in [4.78, 5) is 23.6. The van der Waals surface area contributed by atoms with E-state index in [2.05, 4.69) is 10.0 Å². The first-order chi connectivity index (χ1) is 10.3. The number of aryl methyl sites for hydroxylation is 1. The van der Waals surface area contributed by atoms with Crippen molar-refractivity contribution in [3.05, 3.63) is 29.3 Å².